The highest BCUT2D eigenvalue weighted by Crippen LogP contribution is 2.20. The number of carbonyl (C=O) groups excluding carboxylic acids is 5. The Morgan fingerprint density at radius 1 is 0.672 bits per heavy atom. The van der Waals surface area contributed by atoms with E-state index < -0.39 is 64.6 Å². The van der Waals surface area contributed by atoms with Crippen molar-refractivity contribution in [2.75, 3.05) is 59.0 Å². The van der Waals surface area contributed by atoms with E-state index in [4.69, 9.17) is 23.7 Å². The highest BCUT2D eigenvalue weighted by Gasteiger charge is 2.29. The molecule has 2 aliphatic rings. The van der Waals surface area contributed by atoms with Gasteiger partial charge in [0.1, 0.15) is 29.5 Å². The number of aromatic amines is 1. The quantitative estimate of drug-likeness (QED) is 0.232. The molecular weight excluding hydrogens is 756 g/mol. The molecule has 1 fully saturated rings. The van der Waals surface area contributed by atoms with E-state index in [1.807, 2.05) is 0 Å². The Labute approximate surface area is 340 Å². The molecule has 0 aromatic carbocycles. The van der Waals surface area contributed by atoms with Gasteiger partial charge in [0.15, 0.2) is 6.23 Å². The van der Waals surface area contributed by atoms with Crippen LogP contribution in [0.5, 0.6) is 0 Å². The van der Waals surface area contributed by atoms with Gasteiger partial charge in [-0.05, 0) is 94.6 Å². The normalized spacial score (nSPS) is 19.0. The lowest BCUT2D eigenvalue weighted by Gasteiger charge is -2.34. The van der Waals surface area contributed by atoms with Crippen LogP contribution in [0.25, 0.3) is 0 Å². The average Bonchev–Trinajstić information content (AvgIpc) is 3.55. The summed E-state index contributed by atoms with van der Waals surface area (Å²) in [4.78, 5) is 98.6. The number of ether oxygens (including phenoxy) is 5. The maximum atomic E-state index is 13.7. The molecule has 0 spiro atoms. The molecule has 4 amide bonds. The third-order valence-electron chi connectivity index (χ3n) is 8.70. The van der Waals surface area contributed by atoms with Crippen LogP contribution >= 0.6 is 0 Å². The predicted molar refractivity (Wildman–Crippen MR) is 213 cm³/mol. The first-order valence-corrected chi connectivity index (χ1v) is 19.9. The summed E-state index contributed by atoms with van der Waals surface area (Å²) >= 11 is 0. The van der Waals surface area contributed by atoms with E-state index in [0.29, 0.717) is 18.4 Å². The molecule has 0 aliphatic carbocycles. The van der Waals surface area contributed by atoms with Crippen LogP contribution in [0.1, 0.15) is 106 Å². The highest BCUT2D eigenvalue weighted by molar-refractivity contribution is 5.77. The van der Waals surface area contributed by atoms with E-state index in [2.05, 4.69) is 4.98 Å². The number of esters is 1. The van der Waals surface area contributed by atoms with E-state index in [1.54, 1.807) is 86.3 Å². The Morgan fingerprint density at radius 3 is 1.59 bits per heavy atom. The Hall–Kier alpha value is -4.87. The monoisotopic (exact) mass is 820 g/mol. The van der Waals surface area contributed by atoms with Crippen molar-refractivity contribution in [1.82, 2.24) is 29.2 Å². The maximum Gasteiger partial charge on any atom is 0.410 e. The van der Waals surface area contributed by atoms with Crippen molar-refractivity contribution in [3.63, 3.8) is 0 Å². The Bertz CT molecular complexity index is 1730. The summed E-state index contributed by atoms with van der Waals surface area (Å²) in [5, 5.41) is 0. The van der Waals surface area contributed by atoms with Crippen molar-refractivity contribution in [3.8, 4) is 0 Å². The van der Waals surface area contributed by atoms with Gasteiger partial charge in [-0.15, -0.1) is 0 Å². The molecule has 18 heteroatoms. The van der Waals surface area contributed by atoms with Gasteiger partial charge in [-0.25, -0.2) is 19.2 Å². The van der Waals surface area contributed by atoms with Crippen LogP contribution < -0.4 is 11.2 Å². The number of nitrogens with one attached hydrogen (secondary N) is 1. The lowest BCUT2D eigenvalue weighted by atomic mass is 10.2. The lowest BCUT2D eigenvalue weighted by molar-refractivity contribution is -0.148. The van der Waals surface area contributed by atoms with Crippen LogP contribution in [0.4, 0.5) is 14.4 Å². The van der Waals surface area contributed by atoms with Crippen molar-refractivity contribution in [1.29, 1.82) is 0 Å². The minimum Gasteiger partial charge on any atom is -0.463 e. The van der Waals surface area contributed by atoms with Crippen LogP contribution in [0.15, 0.2) is 27.9 Å². The van der Waals surface area contributed by atoms with Gasteiger partial charge in [0.25, 0.3) is 5.56 Å². The molecule has 58 heavy (non-hydrogen) atoms. The van der Waals surface area contributed by atoms with Crippen molar-refractivity contribution in [3.05, 3.63) is 44.8 Å². The largest absolute Gasteiger partial charge is 0.463 e. The van der Waals surface area contributed by atoms with Crippen LogP contribution in [-0.4, -0.2) is 141 Å². The molecule has 1 aromatic heterocycles. The van der Waals surface area contributed by atoms with E-state index in [1.165, 1.54) is 25.5 Å². The minimum atomic E-state index is -0.771. The summed E-state index contributed by atoms with van der Waals surface area (Å²) in [6.07, 6.45) is 2.59. The number of amides is 4. The average molecular weight is 821 g/mol. The minimum absolute atomic E-state index is 0.0263. The molecule has 0 radical (unpaired) electrons. The fraction of sp³-hybridized carbons (Fsp3) is 0.725. The molecule has 3 rings (SSSR count). The topological polar surface area (TPSA) is 199 Å². The Kier molecular flexibility index (Phi) is 17.0. The van der Waals surface area contributed by atoms with Crippen molar-refractivity contribution >= 4 is 30.2 Å². The molecule has 1 N–H and O–H groups in total. The zero-order valence-corrected chi connectivity index (χ0v) is 35.9. The summed E-state index contributed by atoms with van der Waals surface area (Å²) in [5.74, 6) is -0.772. The van der Waals surface area contributed by atoms with E-state index >= 15 is 0 Å². The number of H-pyrrole nitrogens is 1. The van der Waals surface area contributed by atoms with Gasteiger partial charge in [0.2, 0.25) is 5.91 Å². The Balaban J connectivity index is 1.67. The van der Waals surface area contributed by atoms with Crippen molar-refractivity contribution < 1.29 is 47.7 Å². The molecule has 1 saturated heterocycles. The first kappa shape index (κ1) is 47.5. The molecule has 326 valence electrons. The van der Waals surface area contributed by atoms with Gasteiger partial charge in [-0.3, -0.25) is 23.9 Å². The maximum absolute atomic E-state index is 13.7. The molecular formula is C40H64N6O12. The second-order valence-corrected chi connectivity index (χ2v) is 17.5. The molecule has 1 aromatic rings. The SMILES string of the molecule is Cc1cn([C@H]2C=C[C@@H](COC(=O)CCCC(=O)N3CCCN(C(=O)OC(C)(C)C)CCN(C(=O)OC(C)(C)C)CCCN(C(=O)OC(C)(C)C)CC3)O2)c(=O)[nH]c1=O. The fourth-order valence-corrected chi connectivity index (χ4v) is 5.92. The third-order valence-corrected chi connectivity index (χ3v) is 8.70. The van der Waals surface area contributed by atoms with E-state index in [0.717, 1.165) is 0 Å². The number of carbonyl (C=O) groups is 5. The van der Waals surface area contributed by atoms with Gasteiger partial charge >= 0.3 is 29.9 Å². The summed E-state index contributed by atoms with van der Waals surface area (Å²) in [6.45, 7) is 18.9. The number of rotatable bonds is 7. The highest BCUT2D eigenvalue weighted by atomic mass is 16.6. The molecule has 0 saturated carbocycles. The lowest BCUT2D eigenvalue weighted by Crippen LogP contribution is -2.48. The number of hydrogen-bond donors (Lipinski definition) is 1. The zero-order chi connectivity index (χ0) is 43.4. The van der Waals surface area contributed by atoms with Crippen molar-refractivity contribution in [2.24, 2.45) is 0 Å². The van der Waals surface area contributed by atoms with Gasteiger partial charge in [-0.2, -0.15) is 0 Å². The standard InChI is InChI=1S/C40H64N6O12/c1-28-26-46(34(50)41-33(28)49)31-17-16-29(55-31)27-54-32(48)15-11-14-30(47)42-18-12-19-44(36(52)57-39(5,6)7)24-25-45(37(53)58-40(8,9)10)21-13-20-43(23-22-42)35(51)56-38(2,3)4/h16-17,26,29,31H,11-15,18-25,27H2,1-10H3,(H,41,49,50)/t29-,31+/m0/s1. The summed E-state index contributed by atoms with van der Waals surface area (Å²) < 4.78 is 29.5. The second-order valence-electron chi connectivity index (χ2n) is 17.5. The van der Waals surface area contributed by atoms with Crippen LogP contribution in [-0.2, 0) is 33.3 Å². The first-order valence-electron chi connectivity index (χ1n) is 19.9. The predicted octanol–water partition coefficient (Wildman–Crippen LogP) is 4.35. The number of nitrogens with zero attached hydrogens (tertiary/aromatic N) is 5. The zero-order valence-electron chi connectivity index (χ0n) is 35.9. The van der Waals surface area contributed by atoms with E-state index in [-0.39, 0.29) is 84.1 Å². The molecule has 2 aliphatic heterocycles. The fourth-order valence-electron chi connectivity index (χ4n) is 5.92. The van der Waals surface area contributed by atoms with E-state index in [9.17, 15) is 33.6 Å². The second kappa shape index (κ2) is 20.7. The third kappa shape index (κ3) is 16.5. The molecule has 0 unspecified atom stereocenters. The van der Waals surface area contributed by atoms with Gasteiger partial charge in [0.05, 0.1) is 0 Å². The number of aromatic nitrogens is 2. The van der Waals surface area contributed by atoms with Crippen LogP contribution in [0.2, 0.25) is 0 Å². The van der Waals surface area contributed by atoms with Crippen LogP contribution in [0, 0.1) is 6.92 Å². The molecule has 18 nitrogen and oxygen atoms in total. The van der Waals surface area contributed by atoms with Crippen molar-refractivity contribution in [2.45, 2.75) is 130 Å². The molecule has 3 heterocycles. The van der Waals surface area contributed by atoms with Gasteiger partial charge < -0.3 is 43.3 Å². The Morgan fingerprint density at radius 2 is 1.12 bits per heavy atom. The smallest absolute Gasteiger partial charge is 0.410 e. The van der Waals surface area contributed by atoms with Crippen LogP contribution in [0.3, 0.4) is 0 Å². The molecule has 0 bridgehead atoms. The summed E-state index contributed by atoms with van der Waals surface area (Å²) in [5.41, 5.74) is -3.04. The summed E-state index contributed by atoms with van der Waals surface area (Å²) in [7, 11) is 0. The van der Waals surface area contributed by atoms with Gasteiger partial charge in [-0.1, -0.05) is 6.08 Å². The first-order chi connectivity index (χ1) is 26.9. The number of aryl methyl sites for hydroxylation is 1. The molecule has 2 atom stereocenters. The van der Waals surface area contributed by atoms with Gasteiger partial charge in [0, 0.05) is 77.0 Å². The summed E-state index contributed by atoms with van der Waals surface area (Å²) in [6, 6.07) is 0. The number of hydrogen-bond acceptors (Lipinski definition) is 12.